The molecular formula is C20H27NO5. The summed E-state index contributed by atoms with van der Waals surface area (Å²) in [5.74, 6) is -0.735. The van der Waals surface area contributed by atoms with Crippen LogP contribution in [-0.4, -0.2) is 41.9 Å². The number of carbonyl (C=O) groups excluding carboxylic acids is 2. The molecule has 0 aliphatic carbocycles. The molecule has 2 aliphatic rings. The Hall–Kier alpha value is -1.92. The molecular weight excluding hydrogens is 334 g/mol. The zero-order chi connectivity index (χ0) is 19.1. The molecule has 26 heavy (non-hydrogen) atoms. The first-order valence-electron chi connectivity index (χ1n) is 9.08. The molecule has 0 saturated carbocycles. The first-order chi connectivity index (χ1) is 12.2. The highest BCUT2D eigenvalue weighted by Gasteiger charge is 2.57. The van der Waals surface area contributed by atoms with E-state index in [2.05, 4.69) is 0 Å². The predicted molar refractivity (Wildman–Crippen MR) is 94.8 cm³/mol. The Morgan fingerprint density at radius 1 is 1.27 bits per heavy atom. The van der Waals surface area contributed by atoms with Crippen molar-refractivity contribution in [1.82, 2.24) is 5.06 Å². The van der Waals surface area contributed by atoms with Crippen molar-refractivity contribution in [3.8, 4) is 0 Å². The van der Waals surface area contributed by atoms with Gasteiger partial charge in [-0.05, 0) is 40.2 Å². The molecule has 0 unspecified atom stereocenters. The Morgan fingerprint density at radius 3 is 2.54 bits per heavy atom. The zero-order valence-corrected chi connectivity index (χ0v) is 16.0. The Labute approximate surface area is 154 Å². The third-order valence-corrected chi connectivity index (χ3v) is 5.07. The highest BCUT2D eigenvalue weighted by atomic mass is 16.7. The molecule has 2 fully saturated rings. The van der Waals surface area contributed by atoms with Gasteiger partial charge in [-0.2, -0.15) is 5.06 Å². The lowest BCUT2D eigenvalue weighted by molar-refractivity contribution is -0.212. The summed E-state index contributed by atoms with van der Waals surface area (Å²) in [4.78, 5) is 30.6. The van der Waals surface area contributed by atoms with E-state index in [1.54, 1.807) is 5.06 Å². The number of cyclic esters (lactones) is 1. The minimum Gasteiger partial charge on any atom is -0.462 e. The fourth-order valence-corrected chi connectivity index (χ4v) is 3.54. The maximum absolute atomic E-state index is 12.4. The van der Waals surface area contributed by atoms with E-state index in [0.717, 1.165) is 5.56 Å². The van der Waals surface area contributed by atoms with E-state index >= 15 is 0 Å². The van der Waals surface area contributed by atoms with Crippen LogP contribution in [0.25, 0.3) is 0 Å². The van der Waals surface area contributed by atoms with Crippen LogP contribution >= 0.6 is 0 Å². The van der Waals surface area contributed by atoms with Gasteiger partial charge >= 0.3 is 11.9 Å². The molecule has 142 valence electrons. The van der Waals surface area contributed by atoms with Gasteiger partial charge in [0.2, 0.25) is 0 Å². The van der Waals surface area contributed by atoms with Gasteiger partial charge in [0.15, 0.2) is 0 Å². The van der Waals surface area contributed by atoms with Crippen LogP contribution in [0.1, 0.15) is 46.2 Å². The van der Waals surface area contributed by atoms with Crippen LogP contribution in [0.5, 0.6) is 0 Å². The van der Waals surface area contributed by atoms with E-state index in [0.29, 0.717) is 0 Å². The first kappa shape index (κ1) is 18.9. The van der Waals surface area contributed by atoms with E-state index in [1.165, 1.54) is 0 Å². The average Bonchev–Trinajstić information content (AvgIpc) is 3.11. The molecule has 1 aromatic rings. The van der Waals surface area contributed by atoms with E-state index in [9.17, 15) is 9.59 Å². The normalized spacial score (nSPS) is 30.0. The van der Waals surface area contributed by atoms with Gasteiger partial charge in [0, 0.05) is 0 Å². The highest BCUT2D eigenvalue weighted by molar-refractivity contribution is 5.79. The van der Waals surface area contributed by atoms with Crippen LogP contribution in [0.2, 0.25) is 0 Å². The third kappa shape index (κ3) is 3.48. The molecule has 6 heteroatoms. The van der Waals surface area contributed by atoms with Crippen molar-refractivity contribution in [2.24, 2.45) is 11.3 Å². The largest absolute Gasteiger partial charge is 0.462 e. The van der Waals surface area contributed by atoms with Crippen molar-refractivity contribution >= 4 is 11.9 Å². The molecule has 0 radical (unpaired) electrons. The summed E-state index contributed by atoms with van der Waals surface area (Å²) in [6, 6.07) is 9.25. The molecule has 2 aliphatic heterocycles. The lowest BCUT2D eigenvalue weighted by Gasteiger charge is -2.27. The fourth-order valence-electron chi connectivity index (χ4n) is 3.54. The molecule has 1 aromatic carbocycles. The Kier molecular flexibility index (Phi) is 5.08. The Bertz CT molecular complexity index is 669. The number of hydrogen-bond donors (Lipinski definition) is 0. The van der Waals surface area contributed by atoms with Gasteiger partial charge in [-0.25, -0.2) is 0 Å². The van der Waals surface area contributed by atoms with Crippen molar-refractivity contribution in [3.63, 3.8) is 0 Å². The highest BCUT2D eigenvalue weighted by Crippen LogP contribution is 2.42. The van der Waals surface area contributed by atoms with Gasteiger partial charge in [-0.1, -0.05) is 30.3 Å². The van der Waals surface area contributed by atoms with Crippen molar-refractivity contribution in [3.05, 3.63) is 35.9 Å². The lowest BCUT2D eigenvalue weighted by atomic mass is 9.92. The monoisotopic (exact) mass is 361 g/mol. The van der Waals surface area contributed by atoms with Crippen molar-refractivity contribution in [2.45, 2.75) is 58.9 Å². The van der Waals surface area contributed by atoms with Crippen LogP contribution in [0.4, 0.5) is 0 Å². The van der Waals surface area contributed by atoms with E-state index in [4.69, 9.17) is 14.3 Å². The van der Waals surface area contributed by atoms with Crippen molar-refractivity contribution in [1.29, 1.82) is 0 Å². The number of nitrogens with zero attached hydrogens (tertiary/aromatic N) is 1. The topological polar surface area (TPSA) is 65.1 Å². The molecule has 5 atom stereocenters. The fraction of sp³-hybridized carbons (Fsp3) is 0.600. The number of rotatable bonds is 4. The molecule has 0 bridgehead atoms. The molecule has 2 saturated heterocycles. The number of hydroxylamine groups is 2. The smallest absolute Gasteiger partial charge is 0.326 e. The SMILES string of the molecule is C[C@@H]1OC(=O)[C@@H]2[C@H]1[C@@H](COC(=O)C(C)(C)C)ON2[C@@H](C)c1ccccc1. The van der Waals surface area contributed by atoms with Crippen molar-refractivity contribution < 1.29 is 23.9 Å². The summed E-state index contributed by atoms with van der Waals surface area (Å²) in [5, 5.41) is 1.71. The maximum atomic E-state index is 12.4. The van der Waals surface area contributed by atoms with Crippen molar-refractivity contribution in [2.75, 3.05) is 6.61 Å². The third-order valence-electron chi connectivity index (χ3n) is 5.07. The number of esters is 2. The summed E-state index contributed by atoms with van der Waals surface area (Å²) in [6.45, 7) is 9.39. The Balaban J connectivity index is 1.78. The van der Waals surface area contributed by atoms with Gasteiger partial charge in [0.05, 0.1) is 17.4 Å². The standard InChI is InChI=1S/C20H27NO5/c1-12(14-9-7-6-8-10-14)21-17-16(13(2)25-18(17)22)15(26-21)11-24-19(23)20(3,4)5/h6-10,12-13,15-17H,11H2,1-5H3/t12-,13-,15+,16+,17-/m0/s1. The van der Waals surface area contributed by atoms with Crippen LogP contribution in [0, 0.1) is 11.3 Å². The quantitative estimate of drug-likeness (QED) is 0.769. The number of benzene rings is 1. The zero-order valence-electron chi connectivity index (χ0n) is 16.0. The number of fused-ring (bicyclic) bond motifs is 1. The molecule has 2 heterocycles. The summed E-state index contributed by atoms with van der Waals surface area (Å²) in [6.07, 6.45) is -0.683. The van der Waals surface area contributed by atoms with Crippen LogP contribution < -0.4 is 0 Å². The second-order valence-electron chi connectivity index (χ2n) is 8.10. The average molecular weight is 361 g/mol. The molecule has 0 N–H and O–H groups in total. The van der Waals surface area contributed by atoms with Gasteiger partial charge in [0.1, 0.15) is 24.9 Å². The van der Waals surface area contributed by atoms with E-state index in [1.807, 2.05) is 65.0 Å². The number of ether oxygens (including phenoxy) is 2. The van der Waals surface area contributed by atoms with Crippen LogP contribution in [0.15, 0.2) is 30.3 Å². The van der Waals surface area contributed by atoms with Gasteiger partial charge < -0.3 is 9.47 Å². The van der Waals surface area contributed by atoms with Crippen LogP contribution in [0.3, 0.4) is 0 Å². The van der Waals surface area contributed by atoms with Crippen LogP contribution in [-0.2, 0) is 23.9 Å². The summed E-state index contributed by atoms with van der Waals surface area (Å²) < 4.78 is 10.9. The molecule has 0 spiro atoms. The molecule has 0 amide bonds. The van der Waals surface area contributed by atoms with Gasteiger partial charge in [-0.3, -0.25) is 14.4 Å². The summed E-state index contributed by atoms with van der Waals surface area (Å²) >= 11 is 0. The van der Waals surface area contributed by atoms with E-state index < -0.39 is 17.6 Å². The van der Waals surface area contributed by atoms with Gasteiger partial charge in [-0.15, -0.1) is 0 Å². The first-order valence-corrected chi connectivity index (χ1v) is 9.08. The van der Waals surface area contributed by atoms with E-state index in [-0.39, 0.29) is 36.6 Å². The number of hydrogen-bond acceptors (Lipinski definition) is 6. The number of carbonyl (C=O) groups is 2. The second kappa shape index (κ2) is 7.00. The molecule has 0 aromatic heterocycles. The summed E-state index contributed by atoms with van der Waals surface area (Å²) in [5.41, 5.74) is 0.466. The lowest BCUT2D eigenvalue weighted by Crippen LogP contribution is -2.37. The molecule has 6 nitrogen and oxygen atoms in total. The maximum Gasteiger partial charge on any atom is 0.326 e. The second-order valence-corrected chi connectivity index (χ2v) is 8.10. The summed E-state index contributed by atoms with van der Waals surface area (Å²) in [7, 11) is 0. The predicted octanol–water partition coefficient (Wildman–Crippen LogP) is 2.88. The molecule has 3 rings (SSSR count). The minimum atomic E-state index is -0.581. The minimum absolute atomic E-state index is 0.107. The van der Waals surface area contributed by atoms with Gasteiger partial charge in [0.25, 0.3) is 0 Å². The Morgan fingerprint density at radius 2 is 1.92 bits per heavy atom.